The van der Waals surface area contributed by atoms with Crippen LogP contribution in [0.4, 0.5) is 10.5 Å². The molecule has 1 aromatic heterocycles. The number of carboxylic acid groups (broad SMARTS) is 1. The number of nitrogen functional groups attached to an aromatic ring is 1. The highest BCUT2D eigenvalue weighted by molar-refractivity contribution is 5.97. The van der Waals surface area contributed by atoms with E-state index in [1.54, 1.807) is 4.90 Å². The molecule has 8 heteroatoms. The first kappa shape index (κ1) is 22.4. The number of urea groups is 1. The molecule has 0 unspecified atom stereocenters. The van der Waals surface area contributed by atoms with Gasteiger partial charge in [0.15, 0.2) is 0 Å². The van der Waals surface area contributed by atoms with Crippen LogP contribution in [0.25, 0.3) is 10.9 Å². The lowest BCUT2D eigenvalue weighted by molar-refractivity contribution is -0.135. The number of carbonyl (C=O) groups excluding carboxylic acids is 1. The second-order valence-corrected chi connectivity index (χ2v) is 8.59. The number of nitrogens with zero attached hydrogens (tertiary/aromatic N) is 2. The zero-order valence-corrected chi connectivity index (χ0v) is 18.7. The molecule has 4 rings (SSSR count). The molecule has 5 N–H and O–H groups in total. The molecule has 2 amide bonds. The van der Waals surface area contributed by atoms with Gasteiger partial charge < -0.3 is 20.7 Å². The summed E-state index contributed by atoms with van der Waals surface area (Å²) in [6.45, 7) is -0.401. The molecular weight excluding hydrogens is 418 g/mol. The molecule has 1 saturated carbocycles. The molecule has 1 aliphatic rings. The molecule has 0 atom stereocenters. The van der Waals surface area contributed by atoms with E-state index in [1.807, 2.05) is 49.5 Å². The number of carboxylic acids is 1. The van der Waals surface area contributed by atoms with E-state index in [-0.39, 0.29) is 17.9 Å². The van der Waals surface area contributed by atoms with E-state index in [1.165, 1.54) is 0 Å². The largest absolute Gasteiger partial charge is 0.480 e. The summed E-state index contributed by atoms with van der Waals surface area (Å²) >= 11 is 0. The van der Waals surface area contributed by atoms with Gasteiger partial charge >= 0.3 is 12.0 Å². The van der Waals surface area contributed by atoms with Crippen molar-refractivity contribution in [1.82, 2.24) is 9.88 Å². The summed E-state index contributed by atoms with van der Waals surface area (Å²) in [6, 6.07) is 15.5. The van der Waals surface area contributed by atoms with Crippen molar-refractivity contribution in [3.8, 4) is 0 Å². The van der Waals surface area contributed by atoms with Crippen LogP contribution in [-0.4, -0.2) is 40.1 Å². The highest BCUT2D eigenvalue weighted by Gasteiger charge is 2.28. The molecule has 172 valence electrons. The van der Waals surface area contributed by atoms with Crippen molar-refractivity contribution in [1.29, 1.82) is 5.41 Å². The molecule has 0 aliphatic heterocycles. The van der Waals surface area contributed by atoms with Gasteiger partial charge in [-0.25, -0.2) is 4.79 Å². The van der Waals surface area contributed by atoms with Crippen molar-refractivity contribution in [2.45, 2.75) is 38.1 Å². The summed E-state index contributed by atoms with van der Waals surface area (Å²) in [4.78, 5) is 25.6. The molecule has 3 aromatic rings. The number of hydrogen-bond acceptors (Lipinski definition) is 3. The van der Waals surface area contributed by atoms with Crippen molar-refractivity contribution in [3.05, 3.63) is 65.4 Å². The maximum Gasteiger partial charge on any atom is 0.323 e. The van der Waals surface area contributed by atoms with E-state index in [0.717, 1.165) is 60.0 Å². The van der Waals surface area contributed by atoms with Crippen molar-refractivity contribution >= 4 is 34.4 Å². The van der Waals surface area contributed by atoms with Gasteiger partial charge in [-0.3, -0.25) is 15.1 Å². The fourth-order valence-corrected chi connectivity index (χ4v) is 4.62. The van der Waals surface area contributed by atoms with Crippen LogP contribution < -0.4 is 16.0 Å². The molecule has 0 radical (unpaired) electrons. The number of benzene rings is 2. The number of rotatable bonds is 7. The average Bonchev–Trinajstić information content (AvgIpc) is 3.41. The standard InChI is InChI=1S/C25H29N5O3/c1-29-21(12-16-6-8-17(9-7-16)24(26)27)14-18-13-20(10-11-22(18)29)30(19-4-2-3-5-19)25(33)28-15-23(31)32/h6-11,13-14,19H,2-5,12,15H2,1H3,(H3,26,27)(H,28,33)(H,31,32). The molecule has 33 heavy (non-hydrogen) atoms. The van der Waals surface area contributed by atoms with Gasteiger partial charge in [0.05, 0.1) is 0 Å². The Balaban J connectivity index is 1.62. The summed E-state index contributed by atoms with van der Waals surface area (Å²) in [7, 11) is 2.02. The topological polar surface area (TPSA) is 124 Å². The first-order valence-electron chi connectivity index (χ1n) is 11.1. The van der Waals surface area contributed by atoms with Crippen LogP contribution in [0.1, 0.15) is 42.5 Å². The minimum atomic E-state index is -1.06. The number of aliphatic carboxylic acids is 1. The molecule has 1 heterocycles. The number of amides is 2. The second-order valence-electron chi connectivity index (χ2n) is 8.59. The van der Waals surface area contributed by atoms with E-state index in [2.05, 4.69) is 16.0 Å². The third-order valence-electron chi connectivity index (χ3n) is 6.35. The Kier molecular flexibility index (Phi) is 6.35. The number of hydrogen-bond donors (Lipinski definition) is 4. The minimum absolute atomic E-state index is 0.0536. The maximum absolute atomic E-state index is 12.9. The first-order valence-corrected chi connectivity index (χ1v) is 11.1. The van der Waals surface area contributed by atoms with Gasteiger partial charge in [0.1, 0.15) is 12.4 Å². The van der Waals surface area contributed by atoms with E-state index in [4.69, 9.17) is 16.2 Å². The Bertz CT molecular complexity index is 1190. The molecule has 1 fully saturated rings. The van der Waals surface area contributed by atoms with Gasteiger partial charge in [0.2, 0.25) is 0 Å². The number of carbonyl (C=O) groups is 2. The third-order valence-corrected chi connectivity index (χ3v) is 6.35. The van der Waals surface area contributed by atoms with Gasteiger partial charge in [-0.1, -0.05) is 37.1 Å². The number of nitrogens with one attached hydrogen (secondary N) is 2. The summed E-state index contributed by atoms with van der Waals surface area (Å²) < 4.78 is 2.14. The molecule has 0 bridgehead atoms. The number of anilines is 1. The van der Waals surface area contributed by atoms with Crippen LogP contribution in [-0.2, 0) is 18.3 Å². The Morgan fingerprint density at radius 2 is 1.85 bits per heavy atom. The SMILES string of the molecule is Cn1c(Cc2ccc(C(=N)N)cc2)cc2cc(N(C(=O)NCC(=O)O)C3CCCC3)ccc21. The lowest BCUT2D eigenvalue weighted by Gasteiger charge is -2.29. The Hall–Kier alpha value is -3.81. The summed E-state index contributed by atoms with van der Waals surface area (Å²) in [5.74, 6) is -1.01. The predicted octanol–water partition coefficient (Wildman–Crippen LogP) is 3.60. The van der Waals surface area contributed by atoms with E-state index in [9.17, 15) is 9.59 Å². The van der Waals surface area contributed by atoms with E-state index >= 15 is 0 Å². The average molecular weight is 448 g/mol. The van der Waals surface area contributed by atoms with Crippen LogP contribution in [0.15, 0.2) is 48.5 Å². The third kappa shape index (κ3) is 4.84. The molecule has 2 aromatic carbocycles. The van der Waals surface area contributed by atoms with Crippen LogP contribution >= 0.6 is 0 Å². The highest BCUT2D eigenvalue weighted by Crippen LogP contribution is 2.31. The van der Waals surface area contributed by atoms with Crippen molar-refractivity contribution in [2.24, 2.45) is 12.8 Å². The van der Waals surface area contributed by atoms with Gasteiger partial charge in [0.25, 0.3) is 0 Å². The van der Waals surface area contributed by atoms with Gasteiger partial charge in [-0.15, -0.1) is 0 Å². The maximum atomic E-state index is 12.9. The zero-order chi connectivity index (χ0) is 23.5. The van der Waals surface area contributed by atoms with Crippen molar-refractivity contribution in [3.63, 3.8) is 0 Å². The van der Waals surface area contributed by atoms with E-state index in [0.29, 0.717) is 5.56 Å². The lowest BCUT2D eigenvalue weighted by Crippen LogP contribution is -2.46. The number of nitrogens with two attached hydrogens (primary N) is 1. The number of fused-ring (bicyclic) bond motifs is 1. The smallest absolute Gasteiger partial charge is 0.323 e. The first-order chi connectivity index (χ1) is 15.8. The van der Waals surface area contributed by atoms with Gasteiger partial charge in [-0.05, 0) is 42.7 Å². The second kappa shape index (κ2) is 9.36. The molecule has 0 spiro atoms. The minimum Gasteiger partial charge on any atom is -0.480 e. The monoisotopic (exact) mass is 447 g/mol. The van der Waals surface area contributed by atoms with Crippen molar-refractivity contribution < 1.29 is 14.7 Å². The lowest BCUT2D eigenvalue weighted by atomic mass is 10.1. The molecule has 1 aliphatic carbocycles. The summed E-state index contributed by atoms with van der Waals surface area (Å²) in [6.07, 6.45) is 4.68. The normalized spacial score (nSPS) is 13.8. The summed E-state index contributed by atoms with van der Waals surface area (Å²) in [5.41, 5.74) is 10.3. The summed E-state index contributed by atoms with van der Waals surface area (Å²) in [5, 5.41) is 20.1. The van der Waals surface area contributed by atoms with Crippen molar-refractivity contribution in [2.75, 3.05) is 11.4 Å². The quantitative estimate of drug-likeness (QED) is 0.326. The predicted molar refractivity (Wildman–Crippen MR) is 129 cm³/mol. The van der Waals surface area contributed by atoms with Crippen LogP contribution in [0.2, 0.25) is 0 Å². The Morgan fingerprint density at radius 3 is 2.48 bits per heavy atom. The number of aryl methyl sites for hydroxylation is 1. The van der Waals surface area contributed by atoms with E-state index < -0.39 is 12.5 Å². The van der Waals surface area contributed by atoms with Crippen LogP contribution in [0, 0.1) is 5.41 Å². The zero-order valence-electron chi connectivity index (χ0n) is 18.7. The van der Waals surface area contributed by atoms with Crippen LogP contribution in [0.3, 0.4) is 0 Å². The highest BCUT2D eigenvalue weighted by atomic mass is 16.4. The Labute approximate surface area is 192 Å². The molecule has 0 saturated heterocycles. The van der Waals surface area contributed by atoms with Gasteiger partial charge in [0, 0.05) is 47.4 Å². The fourth-order valence-electron chi connectivity index (χ4n) is 4.62. The fraction of sp³-hybridized carbons (Fsp3) is 0.320. The van der Waals surface area contributed by atoms with Crippen LogP contribution in [0.5, 0.6) is 0 Å². The molecular formula is C25H29N5O3. The van der Waals surface area contributed by atoms with Gasteiger partial charge in [-0.2, -0.15) is 0 Å². The number of aromatic nitrogens is 1. The number of amidine groups is 1. The Morgan fingerprint density at radius 1 is 1.15 bits per heavy atom. The molecule has 8 nitrogen and oxygen atoms in total.